The highest BCUT2D eigenvalue weighted by atomic mass is 127. The van der Waals surface area contributed by atoms with Crippen LogP contribution in [0.2, 0.25) is 0 Å². The smallest absolute Gasteiger partial charge is 0.337 e. The molecule has 1 saturated carbocycles. The number of ether oxygens (including phenoxy) is 2. The first-order valence-corrected chi connectivity index (χ1v) is 17.0. The lowest BCUT2D eigenvalue weighted by molar-refractivity contribution is -0.134. The van der Waals surface area contributed by atoms with Crippen LogP contribution in [0.3, 0.4) is 0 Å². The number of carbonyl (C=O) groups is 2. The highest BCUT2D eigenvalue weighted by Gasteiger charge is 2.52. The largest absolute Gasteiger partial charge is 0.465 e. The fourth-order valence-corrected chi connectivity index (χ4v) is 7.10. The van der Waals surface area contributed by atoms with Crippen LogP contribution in [-0.2, 0) is 23.1 Å². The van der Waals surface area contributed by atoms with E-state index in [-0.39, 0.29) is 23.3 Å². The van der Waals surface area contributed by atoms with E-state index in [9.17, 15) is 9.59 Å². The minimum Gasteiger partial charge on any atom is -0.465 e. The van der Waals surface area contributed by atoms with E-state index in [0.29, 0.717) is 30.2 Å². The summed E-state index contributed by atoms with van der Waals surface area (Å²) in [5.74, 6) is 0.192. The first-order valence-electron chi connectivity index (χ1n) is 13.9. The Morgan fingerprint density at radius 3 is 2.15 bits per heavy atom. The van der Waals surface area contributed by atoms with Gasteiger partial charge in [0.2, 0.25) is 0 Å². The Morgan fingerprint density at radius 1 is 1.05 bits per heavy atom. The van der Waals surface area contributed by atoms with E-state index in [4.69, 9.17) is 14.5 Å². The van der Waals surface area contributed by atoms with Gasteiger partial charge in [0.05, 0.1) is 18.7 Å². The molecule has 1 amide bonds. The first kappa shape index (κ1) is 31.4. The summed E-state index contributed by atoms with van der Waals surface area (Å²) < 4.78 is 12.2. The lowest BCUT2D eigenvalue weighted by atomic mass is 9.69. The molecule has 0 saturated heterocycles. The van der Waals surface area contributed by atoms with Gasteiger partial charge in [0.25, 0.3) is 5.91 Å². The summed E-state index contributed by atoms with van der Waals surface area (Å²) in [5, 5.41) is 0. The van der Waals surface area contributed by atoms with Crippen LogP contribution in [-0.4, -0.2) is 49.0 Å². The van der Waals surface area contributed by atoms with E-state index < -0.39 is 5.66 Å². The number of carbonyl (C=O) groups excluding carboxylic acids is 2. The Balaban J connectivity index is 1.81. The highest BCUT2D eigenvalue weighted by Crippen LogP contribution is 2.49. The quantitative estimate of drug-likeness (QED) is 0.149. The van der Waals surface area contributed by atoms with Gasteiger partial charge in [0, 0.05) is 28.1 Å². The predicted octanol–water partition coefficient (Wildman–Crippen LogP) is 7.68. The predicted molar refractivity (Wildman–Crippen MR) is 176 cm³/mol. The van der Waals surface area contributed by atoms with Crippen molar-refractivity contribution in [3.63, 3.8) is 0 Å². The third kappa shape index (κ3) is 6.59. The fraction of sp³-hybridized carbons (Fsp3) is 0.531. The van der Waals surface area contributed by atoms with Gasteiger partial charge in [-0.1, -0.05) is 84.2 Å². The molecule has 0 bridgehead atoms. The van der Waals surface area contributed by atoms with Gasteiger partial charge in [0.15, 0.2) is 0 Å². The van der Waals surface area contributed by atoms with Crippen molar-refractivity contribution in [3.05, 3.63) is 70.3 Å². The summed E-state index contributed by atoms with van der Waals surface area (Å²) in [6.45, 7) is 7.44. The number of halogens is 2. The molecule has 2 aliphatic rings. The van der Waals surface area contributed by atoms with Crippen LogP contribution in [0.4, 0.5) is 0 Å². The van der Waals surface area contributed by atoms with Gasteiger partial charge in [-0.05, 0) is 84.4 Å². The Morgan fingerprint density at radius 2 is 1.65 bits per heavy atom. The van der Waals surface area contributed by atoms with Crippen molar-refractivity contribution in [1.29, 1.82) is 0 Å². The summed E-state index contributed by atoms with van der Waals surface area (Å²) >= 11 is 4.76. The van der Waals surface area contributed by atoms with Crippen molar-refractivity contribution in [2.24, 2.45) is 16.3 Å². The van der Waals surface area contributed by atoms with Gasteiger partial charge >= 0.3 is 5.97 Å². The number of esters is 1. The summed E-state index contributed by atoms with van der Waals surface area (Å²) in [6.07, 6.45) is 4.35. The average molecular weight is 770 g/mol. The Kier molecular flexibility index (Phi) is 10.4. The number of methoxy groups -OCH3 is 2. The monoisotopic (exact) mass is 770 g/mol. The van der Waals surface area contributed by atoms with Crippen LogP contribution in [0.5, 0.6) is 0 Å². The number of alkyl halides is 2. The van der Waals surface area contributed by atoms with Gasteiger partial charge in [-0.3, -0.25) is 9.79 Å². The molecule has 1 fully saturated rings. The number of rotatable bonds is 9. The summed E-state index contributed by atoms with van der Waals surface area (Å²) in [6, 6.07) is 13.7. The zero-order valence-corrected chi connectivity index (χ0v) is 28.5. The van der Waals surface area contributed by atoms with Crippen molar-refractivity contribution in [2.75, 3.05) is 20.8 Å². The molecule has 6 nitrogen and oxygen atoms in total. The standard InChI is InChI=1S/C32H40I2N2O4/c1-31(2,3)26-10-13-32(14-11-26)35-28(25-17-21(19-33)16-22(18-25)20-34)29(37)36(32)27(12-15-39-4)23-6-8-24(9-7-23)30(38)40-5/h6-9,16-18,26-27H,10-15,19-20H2,1-5H3/t26?,27-,32?/m1/s1. The molecule has 1 aliphatic heterocycles. The maximum Gasteiger partial charge on any atom is 0.337 e. The fourth-order valence-electron chi connectivity index (χ4n) is 6.22. The number of benzene rings is 2. The van der Waals surface area contributed by atoms with Gasteiger partial charge in [-0.25, -0.2) is 4.79 Å². The van der Waals surface area contributed by atoms with Gasteiger partial charge in [0.1, 0.15) is 11.4 Å². The van der Waals surface area contributed by atoms with E-state index in [1.807, 2.05) is 12.1 Å². The molecule has 216 valence electrons. The molecule has 0 radical (unpaired) electrons. The molecule has 0 aromatic heterocycles. The lowest BCUT2D eigenvalue weighted by Crippen LogP contribution is -2.51. The number of aliphatic imine (C=N–C) groups is 1. The van der Waals surface area contributed by atoms with E-state index in [0.717, 1.165) is 45.7 Å². The highest BCUT2D eigenvalue weighted by molar-refractivity contribution is 14.1. The zero-order valence-electron chi connectivity index (χ0n) is 24.1. The molecule has 1 atom stereocenters. The Labute approximate surface area is 266 Å². The third-order valence-electron chi connectivity index (χ3n) is 8.46. The topological polar surface area (TPSA) is 68.2 Å². The number of nitrogens with zero attached hydrogens (tertiary/aromatic N) is 2. The molecule has 1 aliphatic carbocycles. The van der Waals surface area contributed by atoms with Crippen molar-refractivity contribution < 1.29 is 19.1 Å². The molecular formula is C32H40I2N2O4. The number of hydrogen-bond donors (Lipinski definition) is 0. The van der Waals surface area contributed by atoms with Crippen LogP contribution in [0.25, 0.3) is 0 Å². The van der Waals surface area contributed by atoms with Crippen molar-refractivity contribution in [1.82, 2.24) is 4.90 Å². The van der Waals surface area contributed by atoms with Crippen LogP contribution < -0.4 is 0 Å². The van der Waals surface area contributed by atoms with Crippen LogP contribution in [0, 0.1) is 11.3 Å². The summed E-state index contributed by atoms with van der Waals surface area (Å²) in [4.78, 5) is 34.1. The molecular weight excluding hydrogens is 730 g/mol. The van der Waals surface area contributed by atoms with Crippen LogP contribution in [0.1, 0.15) is 91.5 Å². The molecule has 2 aromatic carbocycles. The second kappa shape index (κ2) is 13.2. The SMILES string of the molecule is COCC[C@H](c1ccc(C(=O)OC)cc1)N1C(=O)C(c2cc(CI)cc(CI)c2)=NC12CCC(C(C)(C)C)CC2. The normalized spacial score (nSPS) is 22.0. The maximum absolute atomic E-state index is 14.5. The molecule has 1 spiro atoms. The van der Waals surface area contributed by atoms with Crippen LogP contribution in [0.15, 0.2) is 47.5 Å². The minimum atomic E-state index is -0.599. The first-order chi connectivity index (χ1) is 19.1. The molecule has 0 N–H and O–H groups in total. The van der Waals surface area contributed by atoms with E-state index in [2.05, 4.69) is 89.1 Å². The average Bonchev–Trinajstić information content (AvgIpc) is 3.23. The second-order valence-corrected chi connectivity index (χ2v) is 13.5. The number of amides is 1. The van der Waals surface area contributed by atoms with E-state index >= 15 is 0 Å². The zero-order chi connectivity index (χ0) is 29.1. The maximum atomic E-state index is 14.5. The molecule has 8 heteroatoms. The van der Waals surface area contributed by atoms with Crippen molar-refractivity contribution >= 4 is 62.8 Å². The second-order valence-electron chi connectivity index (χ2n) is 12.0. The van der Waals surface area contributed by atoms with Crippen LogP contribution >= 0.6 is 45.2 Å². The van der Waals surface area contributed by atoms with Gasteiger partial charge in [-0.2, -0.15) is 0 Å². The Bertz CT molecular complexity index is 1220. The van der Waals surface area contributed by atoms with Crippen molar-refractivity contribution in [2.45, 2.75) is 73.4 Å². The molecule has 0 unspecified atom stereocenters. The van der Waals surface area contributed by atoms with E-state index in [1.54, 1.807) is 19.2 Å². The van der Waals surface area contributed by atoms with Gasteiger partial charge < -0.3 is 14.4 Å². The number of hydrogen-bond acceptors (Lipinski definition) is 5. The molecule has 1 heterocycles. The Hall–Kier alpha value is -1.53. The third-order valence-corrected chi connectivity index (χ3v) is 10.2. The molecule has 2 aromatic rings. The minimum absolute atomic E-state index is 0.0163. The molecule has 4 rings (SSSR count). The van der Waals surface area contributed by atoms with E-state index in [1.165, 1.54) is 18.2 Å². The van der Waals surface area contributed by atoms with Crippen molar-refractivity contribution in [3.8, 4) is 0 Å². The molecule has 40 heavy (non-hydrogen) atoms. The summed E-state index contributed by atoms with van der Waals surface area (Å²) in [7, 11) is 3.07. The lowest BCUT2D eigenvalue weighted by Gasteiger charge is -2.47. The van der Waals surface area contributed by atoms with Gasteiger partial charge in [-0.15, -0.1) is 0 Å². The summed E-state index contributed by atoms with van der Waals surface area (Å²) in [5.41, 5.74) is 4.97.